The Balaban J connectivity index is 1.50. The first-order valence-corrected chi connectivity index (χ1v) is 7.52. The lowest BCUT2D eigenvalue weighted by atomic mass is 9.82. The van der Waals surface area contributed by atoms with Crippen LogP contribution in [0.5, 0.6) is 0 Å². The largest absolute Gasteiger partial charge is 0.396 e. The molecule has 1 aromatic heterocycles. The molecule has 0 bridgehead atoms. The van der Waals surface area contributed by atoms with Crippen molar-refractivity contribution in [3.8, 4) is 0 Å². The van der Waals surface area contributed by atoms with E-state index in [9.17, 15) is 9.90 Å². The van der Waals surface area contributed by atoms with E-state index in [-0.39, 0.29) is 23.8 Å². The van der Waals surface area contributed by atoms with Gasteiger partial charge in [-0.15, -0.1) is 0 Å². The van der Waals surface area contributed by atoms with Crippen molar-refractivity contribution < 1.29 is 14.6 Å². The summed E-state index contributed by atoms with van der Waals surface area (Å²) < 4.78 is 5.47. The maximum atomic E-state index is 12.6. The third kappa shape index (κ3) is 2.13. The number of ether oxygens (including phenoxy) is 1. The smallest absolute Gasteiger partial charge is 0.257 e. The summed E-state index contributed by atoms with van der Waals surface area (Å²) in [6.07, 6.45) is 5.58. The number of carbonyl (C=O) groups excluding carboxylic acids is 1. The number of amides is 1. The van der Waals surface area contributed by atoms with Crippen LogP contribution in [-0.4, -0.2) is 58.8 Å². The molecular formula is C15H19N3O3. The van der Waals surface area contributed by atoms with Gasteiger partial charge in [-0.25, -0.2) is 9.97 Å². The molecule has 3 fully saturated rings. The zero-order valence-corrected chi connectivity index (χ0v) is 11.9. The summed E-state index contributed by atoms with van der Waals surface area (Å²) in [7, 11) is 0. The molecule has 0 aromatic carbocycles. The summed E-state index contributed by atoms with van der Waals surface area (Å²) in [6, 6.07) is 0. The normalized spacial score (nSPS) is 31.5. The SMILES string of the molecule is O=C(c1cnc(C2CC2)nc1)N1C[C@H]2COC[C@@]2(CO)C1. The quantitative estimate of drug-likeness (QED) is 0.873. The van der Waals surface area contributed by atoms with Gasteiger partial charge in [0.15, 0.2) is 0 Å². The second-order valence-electron chi connectivity index (χ2n) is 6.52. The Hall–Kier alpha value is -1.53. The van der Waals surface area contributed by atoms with E-state index in [2.05, 4.69) is 9.97 Å². The van der Waals surface area contributed by atoms with Crippen LogP contribution in [0.2, 0.25) is 0 Å². The molecule has 0 radical (unpaired) electrons. The van der Waals surface area contributed by atoms with Gasteiger partial charge >= 0.3 is 0 Å². The summed E-state index contributed by atoms with van der Waals surface area (Å²) in [5.41, 5.74) is 0.262. The molecular weight excluding hydrogens is 270 g/mol. The van der Waals surface area contributed by atoms with Crippen LogP contribution in [-0.2, 0) is 4.74 Å². The van der Waals surface area contributed by atoms with Gasteiger partial charge in [0.2, 0.25) is 0 Å². The van der Waals surface area contributed by atoms with Gasteiger partial charge in [0.25, 0.3) is 5.91 Å². The predicted octanol–water partition coefficient (Wildman–Crippen LogP) is 0.435. The predicted molar refractivity (Wildman–Crippen MR) is 73.7 cm³/mol. The van der Waals surface area contributed by atoms with E-state index in [1.54, 1.807) is 17.3 Å². The molecule has 21 heavy (non-hydrogen) atoms. The second-order valence-corrected chi connectivity index (χ2v) is 6.52. The minimum Gasteiger partial charge on any atom is -0.396 e. The standard InChI is InChI=1S/C15H19N3O3/c19-8-15-7-18(5-12(15)6-21-9-15)14(20)11-3-16-13(17-4-11)10-1-2-10/h3-4,10,12,19H,1-2,5-9H2/t12-,15-/m0/s1. The Morgan fingerprint density at radius 3 is 2.81 bits per heavy atom. The number of rotatable bonds is 3. The molecule has 1 N–H and O–H groups in total. The van der Waals surface area contributed by atoms with Crippen LogP contribution < -0.4 is 0 Å². The van der Waals surface area contributed by atoms with Gasteiger partial charge in [0.1, 0.15) is 5.82 Å². The number of likely N-dealkylation sites (tertiary alicyclic amines) is 1. The van der Waals surface area contributed by atoms with Crippen LogP contribution in [0, 0.1) is 11.3 Å². The van der Waals surface area contributed by atoms with Crippen LogP contribution in [0.25, 0.3) is 0 Å². The van der Waals surface area contributed by atoms with Gasteiger partial charge in [-0.2, -0.15) is 0 Å². The number of hydrogen-bond donors (Lipinski definition) is 1. The molecule has 6 nitrogen and oxygen atoms in total. The molecule has 1 amide bonds. The first-order chi connectivity index (χ1) is 10.2. The summed E-state index contributed by atoms with van der Waals surface area (Å²) in [5.74, 6) is 1.54. The Morgan fingerprint density at radius 2 is 2.19 bits per heavy atom. The van der Waals surface area contributed by atoms with E-state index < -0.39 is 0 Å². The van der Waals surface area contributed by atoms with Crippen LogP contribution in [0.1, 0.15) is 34.9 Å². The topological polar surface area (TPSA) is 75.6 Å². The monoisotopic (exact) mass is 289 g/mol. The molecule has 6 heteroatoms. The Kier molecular flexibility index (Phi) is 2.97. The number of carbonyl (C=O) groups is 1. The Bertz CT molecular complexity index is 558. The fourth-order valence-corrected chi connectivity index (χ4v) is 3.39. The van der Waals surface area contributed by atoms with Crippen molar-refractivity contribution in [2.75, 3.05) is 32.9 Å². The summed E-state index contributed by atoms with van der Waals surface area (Å²) in [6.45, 7) is 2.43. The van der Waals surface area contributed by atoms with Crippen LogP contribution in [0.15, 0.2) is 12.4 Å². The van der Waals surface area contributed by atoms with Crippen molar-refractivity contribution in [3.05, 3.63) is 23.8 Å². The lowest BCUT2D eigenvalue weighted by Gasteiger charge is -2.24. The highest BCUT2D eigenvalue weighted by atomic mass is 16.5. The minimum atomic E-state index is -0.273. The number of aliphatic hydroxyl groups is 1. The van der Waals surface area contributed by atoms with Crippen molar-refractivity contribution in [2.24, 2.45) is 11.3 Å². The highest BCUT2D eigenvalue weighted by molar-refractivity contribution is 5.93. The third-order valence-electron chi connectivity index (χ3n) is 4.98. The zero-order chi connectivity index (χ0) is 14.4. The second kappa shape index (κ2) is 4.74. The average Bonchev–Trinajstić information content (AvgIpc) is 3.19. The first kappa shape index (κ1) is 13.2. The van der Waals surface area contributed by atoms with Crippen LogP contribution >= 0.6 is 0 Å². The van der Waals surface area contributed by atoms with Crippen molar-refractivity contribution in [3.63, 3.8) is 0 Å². The fourth-order valence-electron chi connectivity index (χ4n) is 3.39. The minimum absolute atomic E-state index is 0.0421. The van der Waals surface area contributed by atoms with E-state index >= 15 is 0 Å². The van der Waals surface area contributed by atoms with Crippen molar-refractivity contribution in [1.29, 1.82) is 0 Å². The number of nitrogens with zero attached hydrogens (tertiary/aromatic N) is 3. The number of fused-ring (bicyclic) bond motifs is 1. The van der Waals surface area contributed by atoms with E-state index in [1.807, 2.05) is 0 Å². The molecule has 3 heterocycles. The first-order valence-electron chi connectivity index (χ1n) is 7.52. The van der Waals surface area contributed by atoms with E-state index in [0.717, 1.165) is 18.7 Å². The molecule has 2 atom stereocenters. The van der Waals surface area contributed by atoms with Crippen molar-refractivity contribution in [1.82, 2.24) is 14.9 Å². The van der Waals surface area contributed by atoms with E-state index in [0.29, 0.717) is 37.8 Å². The van der Waals surface area contributed by atoms with Crippen molar-refractivity contribution in [2.45, 2.75) is 18.8 Å². The molecule has 1 aromatic rings. The lowest BCUT2D eigenvalue weighted by Crippen LogP contribution is -2.36. The maximum absolute atomic E-state index is 12.6. The fraction of sp³-hybridized carbons (Fsp3) is 0.667. The molecule has 0 spiro atoms. The zero-order valence-electron chi connectivity index (χ0n) is 11.9. The molecule has 2 saturated heterocycles. The summed E-state index contributed by atoms with van der Waals surface area (Å²) in [5, 5.41) is 9.66. The summed E-state index contributed by atoms with van der Waals surface area (Å²) >= 11 is 0. The van der Waals surface area contributed by atoms with Gasteiger partial charge in [-0.3, -0.25) is 4.79 Å². The number of hydrogen-bond acceptors (Lipinski definition) is 5. The van der Waals surface area contributed by atoms with Crippen molar-refractivity contribution >= 4 is 5.91 Å². The van der Waals surface area contributed by atoms with E-state index in [1.165, 1.54) is 0 Å². The molecule has 3 aliphatic rings. The van der Waals surface area contributed by atoms with Gasteiger partial charge in [-0.05, 0) is 12.8 Å². The Labute approximate surface area is 123 Å². The molecule has 4 rings (SSSR count). The molecule has 1 aliphatic carbocycles. The molecule has 112 valence electrons. The van der Waals surface area contributed by atoms with Gasteiger partial charge in [0.05, 0.1) is 25.4 Å². The highest BCUT2D eigenvalue weighted by Crippen LogP contribution is 2.41. The highest BCUT2D eigenvalue weighted by Gasteiger charge is 2.51. The number of aromatic nitrogens is 2. The van der Waals surface area contributed by atoms with Crippen LogP contribution in [0.4, 0.5) is 0 Å². The third-order valence-corrected chi connectivity index (χ3v) is 4.98. The molecule has 2 aliphatic heterocycles. The lowest BCUT2D eigenvalue weighted by molar-refractivity contribution is 0.0630. The average molecular weight is 289 g/mol. The summed E-state index contributed by atoms with van der Waals surface area (Å²) in [4.78, 5) is 23.0. The van der Waals surface area contributed by atoms with E-state index in [4.69, 9.17) is 4.74 Å². The number of aliphatic hydroxyl groups excluding tert-OH is 1. The van der Waals surface area contributed by atoms with Crippen LogP contribution in [0.3, 0.4) is 0 Å². The molecule has 0 unspecified atom stereocenters. The van der Waals surface area contributed by atoms with Gasteiger partial charge in [0, 0.05) is 42.7 Å². The van der Waals surface area contributed by atoms with Gasteiger partial charge < -0.3 is 14.7 Å². The van der Waals surface area contributed by atoms with Gasteiger partial charge in [-0.1, -0.05) is 0 Å². The Morgan fingerprint density at radius 1 is 1.43 bits per heavy atom. The maximum Gasteiger partial charge on any atom is 0.257 e. The molecule has 1 saturated carbocycles.